The first kappa shape index (κ1) is 17.9. The van der Waals surface area contributed by atoms with Crippen LogP contribution in [0.4, 0.5) is 0 Å². The van der Waals surface area contributed by atoms with Gasteiger partial charge in [0.2, 0.25) is 5.65 Å². The van der Waals surface area contributed by atoms with Crippen LogP contribution < -0.4 is 10.9 Å². The van der Waals surface area contributed by atoms with Gasteiger partial charge in [-0.1, -0.05) is 6.92 Å². The van der Waals surface area contributed by atoms with Gasteiger partial charge in [0, 0.05) is 31.5 Å². The molecule has 2 N–H and O–H groups in total. The molecule has 0 aliphatic carbocycles. The maximum atomic E-state index is 12.7. The van der Waals surface area contributed by atoms with Gasteiger partial charge in [0.15, 0.2) is 0 Å². The van der Waals surface area contributed by atoms with Crippen molar-refractivity contribution in [3.8, 4) is 11.3 Å². The number of amides is 1. The number of furan rings is 1. The van der Waals surface area contributed by atoms with Crippen LogP contribution in [0.25, 0.3) is 16.9 Å². The Kier molecular flexibility index (Phi) is 4.69. The molecule has 26 heavy (non-hydrogen) atoms. The van der Waals surface area contributed by atoms with Crippen LogP contribution in [0.5, 0.6) is 0 Å². The zero-order chi connectivity index (χ0) is 19.0. The summed E-state index contributed by atoms with van der Waals surface area (Å²) in [6.07, 6.45) is 3.19. The lowest BCUT2D eigenvalue weighted by Crippen LogP contribution is -2.31. The minimum Gasteiger partial charge on any atom is -0.466 e. The summed E-state index contributed by atoms with van der Waals surface area (Å²) in [5.41, 5.74) is 1.46. The maximum Gasteiger partial charge on any atom is 0.294 e. The van der Waals surface area contributed by atoms with E-state index in [1.54, 1.807) is 17.6 Å². The van der Waals surface area contributed by atoms with Crippen molar-refractivity contribution >= 4 is 11.6 Å². The molecule has 0 unspecified atom stereocenters. The van der Waals surface area contributed by atoms with Gasteiger partial charge in [-0.3, -0.25) is 14.0 Å². The fourth-order valence-corrected chi connectivity index (χ4v) is 2.82. The van der Waals surface area contributed by atoms with Crippen LogP contribution in [0.2, 0.25) is 0 Å². The largest absolute Gasteiger partial charge is 0.466 e. The third-order valence-electron chi connectivity index (χ3n) is 4.37. The van der Waals surface area contributed by atoms with Crippen LogP contribution in [-0.2, 0) is 7.05 Å². The standard InChI is InChI=1S/C18H22N4O4/c1-5-12(23)7-19-17(24)14-8-22-9-15(13-6-10(2)26-11(13)3)21(4)18(25)16(22)20-14/h6,8-9,12,23H,5,7H2,1-4H3,(H,19,24)/t12-/m0/s1. The highest BCUT2D eigenvalue weighted by molar-refractivity contribution is 5.92. The number of carbonyl (C=O) groups excluding carboxylic acids is 1. The molecule has 0 fully saturated rings. The van der Waals surface area contributed by atoms with Crippen molar-refractivity contribution in [1.29, 1.82) is 0 Å². The Morgan fingerprint density at radius 3 is 2.73 bits per heavy atom. The number of aromatic nitrogens is 3. The van der Waals surface area contributed by atoms with E-state index in [4.69, 9.17) is 4.42 Å². The number of rotatable bonds is 5. The number of imidazole rings is 1. The molecule has 3 aromatic rings. The van der Waals surface area contributed by atoms with Gasteiger partial charge >= 0.3 is 0 Å². The van der Waals surface area contributed by atoms with Gasteiger partial charge in [-0.15, -0.1) is 0 Å². The molecule has 8 nitrogen and oxygen atoms in total. The van der Waals surface area contributed by atoms with Crippen molar-refractivity contribution < 1.29 is 14.3 Å². The lowest BCUT2D eigenvalue weighted by molar-refractivity contribution is 0.0909. The number of hydrogen-bond donors (Lipinski definition) is 2. The molecule has 3 rings (SSSR count). The van der Waals surface area contributed by atoms with E-state index >= 15 is 0 Å². The van der Waals surface area contributed by atoms with Crippen LogP contribution in [0.1, 0.15) is 35.4 Å². The third kappa shape index (κ3) is 3.15. The molecule has 1 amide bonds. The van der Waals surface area contributed by atoms with E-state index in [2.05, 4.69) is 10.3 Å². The number of nitrogens with one attached hydrogen (secondary N) is 1. The van der Waals surface area contributed by atoms with Crippen molar-refractivity contribution in [2.45, 2.75) is 33.3 Å². The van der Waals surface area contributed by atoms with Gasteiger partial charge in [0.25, 0.3) is 11.5 Å². The van der Waals surface area contributed by atoms with Crippen molar-refractivity contribution in [1.82, 2.24) is 19.3 Å². The average Bonchev–Trinajstić information content (AvgIpc) is 3.18. The summed E-state index contributed by atoms with van der Waals surface area (Å²) >= 11 is 0. The molecule has 1 atom stereocenters. The van der Waals surface area contributed by atoms with E-state index in [0.717, 1.165) is 11.3 Å². The lowest BCUT2D eigenvalue weighted by atomic mass is 10.2. The van der Waals surface area contributed by atoms with E-state index in [1.807, 2.05) is 26.8 Å². The summed E-state index contributed by atoms with van der Waals surface area (Å²) in [6.45, 7) is 5.65. The second kappa shape index (κ2) is 6.80. The van der Waals surface area contributed by atoms with Gasteiger partial charge in [0.05, 0.1) is 11.8 Å². The topological polar surface area (TPSA) is 102 Å². The minimum absolute atomic E-state index is 0.127. The Labute approximate surface area is 150 Å². The summed E-state index contributed by atoms with van der Waals surface area (Å²) in [6, 6.07) is 1.87. The highest BCUT2D eigenvalue weighted by Crippen LogP contribution is 2.25. The molecule has 0 aliphatic heterocycles. The zero-order valence-electron chi connectivity index (χ0n) is 15.2. The predicted molar refractivity (Wildman–Crippen MR) is 96.2 cm³/mol. The summed E-state index contributed by atoms with van der Waals surface area (Å²) < 4.78 is 8.59. The maximum absolute atomic E-state index is 12.7. The molecule has 0 aromatic carbocycles. The monoisotopic (exact) mass is 358 g/mol. The molecular weight excluding hydrogens is 336 g/mol. The number of aryl methyl sites for hydroxylation is 2. The van der Waals surface area contributed by atoms with E-state index in [-0.39, 0.29) is 23.4 Å². The first-order chi connectivity index (χ1) is 12.3. The highest BCUT2D eigenvalue weighted by atomic mass is 16.3. The normalized spacial score (nSPS) is 12.5. The molecule has 3 heterocycles. The molecule has 0 saturated carbocycles. The van der Waals surface area contributed by atoms with E-state index in [0.29, 0.717) is 17.9 Å². The number of hydrogen-bond acceptors (Lipinski definition) is 5. The summed E-state index contributed by atoms with van der Waals surface area (Å²) in [5, 5.41) is 12.2. The molecule has 8 heteroatoms. The van der Waals surface area contributed by atoms with Gasteiger partial charge < -0.3 is 19.4 Å². The van der Waals surface area contributed by atoms with Crippen LogP contribution in [0.15, 0.2) is 27.7 Å². The Hall–Kier alpha value is -2.87. The minimum atomic E-state index is -0.609. The quantitative estimate of drug-likeness (QED) is 0.718. The molecule has 138 valence electrons. The number of carbonyl (C=O) groups is 1. The Bertz CT molecular complexity index is 1030. The number of fused-ring (bicyclic) bond motifs is 1. The second-order valence-corrected chi connectivity index (χ2v) is 6.33. The highest BCUT2D eigenvalue weighted by Gasteiger charge is 2.18. The summed E-state index contributed by atoms with van der Waals surface area (Å²) in [5.74, 6) is 1.04. The number of aliphatic hydroxyl groups is 1. The fraction of sp³-hybridized carbons (Fsp3) is 0.389. The molecule has 0 aliphatic rings. The first-order valence-electron chi connectivity index (χ1n) is 8.44. The molecule has 0 spiro atoms. The van der Waals surface area contributed by atoms with Crippen molar-refractivity contribution in [2.75, 3.05) is 6.54 Å². The Morgan fingerprint density at radius 1 is 1.38 bits per heavy atom. The van der Waals surface area contributed by atoms with Crippen molar-refractivity contribution in [3.05, 3.63) is 46.0 Å². The molecule has 3 aromatic heterocycles. The lowest BCUT2D eigenvalue weighted by Gasteiger charge is -2.07. The predicted octanol–water partition coefficient (Wildman–Crippen LogP) is 1.41. The van der Waals surface area contributed by atoms with Crippen LogP contribution >= 0.6 is 0 Å². The molecule has 0 bridgehead atoms. The smallest absolute Gasteiger partial charge is 0.294 e. The molecule has 0 saturated heterocycles. The number of nitrogens with zero attached hydrogens (tertiary/aromatic N) is 3. The SMILES string of the molecule is CC[C@H](O)CNC(=O)c1cn2cc(-c3cc(C)oc3C)n(C)c(=O)c2n1. The van der Waals surface area contributed by atoms with Crippen LogP contribution in [0, 0.1) is 13.8 Å². The van der Waals surface area contributed by atoms with E-state index in [1.165, 1.54) is 10.8 Å². The molecular formula is C18H22N4O4. The van der Waals surface area contributed by atoms with Gasteiger partial charge in [-0.25, -0.2) is 4.98 Å². The van der Waals surface area contributed by atoms with Crippen molar-refractivity contribution in [3.63, 3.8) is 0 Å². The van der Waals surface area contributed by atoms with Crippen molar-refractivity contribution in [2.24, 2.45) is 7.05 Å². The Morgan fingerprint density at radius 2 is 2.12 bits per heavy atom. The van der Waals surface area contributed by atoms with Crippen LogP contribution in [0.3, 0.4) is 0 Å². The third-order valence-corrected chi connectivity index (χ3v) is 4.37. The van der Waals surface area contributed by atoms with E-state index in [9.17, 15) is 14.7 Å². The molecule has 0 radical (unpaired) electrons. The second-order valence-electron chi connectivity index (χ2n) is 6.33. The summed E-state index contributed by atoms with van der Waals surface area (Å²) in [7, 11) is 1.66. The Balaban J connectivity index is 2.02. The van der Waals surface area contributed by atoms with E-state index < -0.39 is 12.0 Å². The fourth-order valence-electron chi connectivity index (χ4n) is 2.82. The average molecular weight is 358 g/mol. The van der Waals surface area contributed by atoms with Gasteiger partial charge in [-0.05, 0) is 26.3 Å². The number of aliphatic hydroxyl groups excluding tert-OH is 1. The van der Waals surface area contributed by atoms with Gasteiger partial charge in [-0.2, -0.15) is 0 Å². The van der Waals surface area contributed by atoms with Gasteiger partial charge in [0.1, 0.15) is 17.2 Å². The van der Waals surface area contributed by atoms with Crippen LogP contribution in [-0.4, -0.2) is 37.6 Å². The zero-order valence-corrected chi connectivity index (χ0v) is 15.2. The first-order valence-corrected chi connectivity index (χ1v) is 8.44. The summed E-state index contributed by atoms with van der Waals surface area (Å²) in [4.78, 5) is 29.0.